The van der Waals surface area contributed by atoms with E-state index >= 15 is 0 Å². The molecular weight excluding hydrogens is 248 g/mol. The van der Waals surface area contributed by atoms with Gasteiger partial charge in [0.15, 0.2) is 0 Å². The third kappa shape index (κ3) is 3.68. The summed E-state index contributed by atoms with van der Waals surface area (Å²) in [7, 11) is -2.86. The molecule has 2 fully saturated rings. The first-order chi connectivity index (χ1) is 8.30. The summed E-state index contributed by atoms with van der Waals surface area (Å²) >= 11 is 0. The van der Waals surface area contributed by atoms with Crippen LogP contribution in [0.2, 0.25) is 0 Å². The third-order valence-electron chi connectivity index (χ3n) is 4.47. The third-order valence-corrected chi connectivity index (χ3v) is 5.40. The molecule has 2 atom stereocenters. The van der Waals surface area contributed by atoms with E-state index in [1.165, 1.54) is 19.1 Å². The fourth-order valence-corrected chi connectivity index (χ4v) is 3.53. The van der Waals surface area contributed by atoms with E-state index in [0.29, 0.717) is 12.6 Å². The first kappa shape index (κ1) is 14.3. The first-order valence-electron chi connectivity index (χ1n) is 6.97. The molecule has 0 aromatic rings. The molecular formula is C13H26N2O2S. The minimum Gasteiger partial charge on any atom is -0.310 e. The van der Waals surface area contributed by atoms with Crippen LogP contribution in [0.1, 0.15) is 33.1 Å². The zero-order valence-corrected chi connectivity index (χ0v) is 12.6. The Morgan fingerprint density at radius 3 is 2.56 bits per heavy atom. The van der Waals surface area contributed by atoms with Gasteiger partial charge in [0.2, 0.25) is 0 Å². The zero-order chi connectivity index (χ0) is 13.4. The maximum Gasteiger partial charge on any atom is 0.148 e. The number of nitrogens with zero attached hydrogens (tertiary/aromatic N) is 1. The van der Waals surface area contributed by atoms with Gasteiger partial charge in [-0.1, -0.05) is 0 Å². The molecule has 5 heteroatoms. The summed E-state index contributed by atoms with van der Waals surface area (Å²) in [4.78, 5) is 2.36. The molecule has 18 heavy (non-hydrogen) atoms. The Labute approximate surface area is 111 Å². The number of hydrogen-bond acceptors (Lipinski definition) is 4. The van der Waals surface area contributed by atoms with Crippen molar-refractivity contribution in [2.45, 2.75) is 44.7 Å². The number of hydrogen-bond donors (Lipinski definition) is 1. The Hall–Kier alpha value is -0.130. The van der Waals surface area contributed by atoms with E-state index in [1.807, 2.05) is 0 Å². The lowest BCUT2D eigenvalue weighted by Crippen LogP contribution is -2.52. The topological polar surface area (TPSA) is 49.4 Å². The lowest BCUT2D eigenvalue weighted by Gasteiger charge is -2.35. The van der Waals surface area contributed by atoms with E-state index in [-0.39, 0.29) is 11.3 Å². The maximum absolute atomic E-state index is 11.3. The molecule has 1 N–H and O–H groups in total. The lowest BCUT2D eigenvalue weighted by molar-refractivity contribution is 0.171. The van der Waals surface area contributed by atoms with Gasteiger partial charge in [0.25, 0.3) is 0 Å². The Balaban J connectivity index is 2.01. The second-order valence-electron chi connectivity index (χ2n) is 6.36. The predicted octanol–water partition coefficient (Wildman–Crippen LogP) is 0.884. The smallest absolute Gasteiger partial charge is 0.148 e. The Kier molecular flexibility index (Phi) is 4.04. The quantitative estimate of drug-likeness (QED) is 0.827. The monoisotopic (exact) mass is 274 g/mol. The molecule has 0 radical (unpaired) electrons. The van der Waals surface area contributed by atoms with Crippen molar-refractivity contribution >= 4 is 9.84 Å². The number of rotatable bonds is 4. The zero-order valence-electron chi connectivity index (χ0n) is 11.8. The molecule has 1 aliphatic heterocycles. The van der Waals surface area contributed by atoms with Crippen LogP contribution in [-0.4, -0.2) is 56.5 Å². The molecule has 1 aliphatic carbocycles. The van der Waals surface area contributed by atoms with Crippen molar-refractivity contribution in [2.75, 3.05) is 31.6 Å². The van der Waals surface area contributed by atoms with Gasteiger partial charge in [0, 0.05) is 30.9 Å². The van der Waals surface area contributed by atoms with E-state index in [9.17, 15) is 8.42 Å². The van der Waals surface area contributed by atoms with Gasteiger partial charge in [0.05, 0.1) is 5.75 Å². The van der Waals surface area contributed by atoms with Gasteiger partial charge in [-0.05, 0) is 45.6 Å². The summed E-state index contributed by atoms with van der Waals surface area (Å²) in [6, 6.07) is 0.472. The van der Waals surface area contributed by atoms with Crippen LogP contribution in [0, 0.1) is 5.92 Å². The highest BCUT2D eigenvalue weighted by molar-refractivity contribution is 7.90. The van der Waals surface area contributed by atoms with E-state index < -0.39 is 9.84 Å². The SMILES string of the molecule is CC1CCNC(C)(C2CC2)CN1CCS(C)(=O)=O. The summed E-state index contributed by atoms with van der Waals surface area (Å²) in [5.74, 6) is 1.06. The van der Waals surface area contributed by atoms with Gasteiger partial charge in [-0.25, -0.2) is 8.42 Å². The van der Waals surface area contributed by atoms with Crippen LogP contribution in [0.4, 0.5) is 0 Å². The highest BCUT2D eigenvalue weighted by atomic mass is 32.2. The van der Waals surface area contributed by atoms with Gasteiger partial charge >= 0.3 is 0 Å². The maximum atomic E-state index is 11.3. The summed E-state index contributed by atoms with van der Waals surface area (Å²) in [6.07, 6.45) is 5.06. The second kappa shape index (κ2) is 5.10. The summed E-state index contributed by atoms with van der Waals surface area (Å²) < 4.78 is 22.7. The molecule has 106 valence electrons. The van der Waals surface area contributed by atoms with Crippen LogP contribution in [0.25, 0.3) is 0 Å². The molecule has 1 heterocycles. The second-order valence-corrected chi connectivity index (χ2v) is 8.62. The van der Waals surface area contributed by atoms with Crippen molar-refractivity contribution in [3.05, 3.63) is 0 Å². The van der Waals surface area contributed by atoms with E-state index in [1.54, 1.807) is 0 Å². The van der Waals surface area contributed by atoms with Crippen LogP contribution in [-0.2, 0) is 9.84 Å². The fourth-order valence-electron chi connectivity index (χ4n) is 2.96. The minimum absolute atomic E-state index is 0.183. The highest BCUT2D eigenvalue weighted by Gasteiger charge is 2.43. The van der Waals surface area contributed by atoms with E-state index in [0.717, 1.165) is 25.4 Å². The molecule has 2 aliphatic rings. The Bertz CT molecular complexity index is 392. The Morgan fingerprint density at radius 2 is 2.00 bits per heavy atom. The van der Waals surface area contributed by atoms with Crippen molar-refractivity contribution < 1.29 is 8.42 Å². The first-order valence-corrected chi connectivity index (χ1v) is 9.03. The fraction of sp³-hybridized carbons (Fsp3) is 1.00. The summed E-state index contributed by atoms with van der Waals surface area (Å²) in [5.41, 5.74) is 0.183. The molecule has 0 aromatic heterocycles. The van der Waals surface area contributed by atoms with Crippen LogP contribution >= 0.6 is 0 Å². The highest BCUT2D eigenvalue weighted by Crippen LogP contribution is 2.40. The molecule has 0 amide bonds. The van der Waals surface area contributed by atoms with Crippen LogP contribution < -0.4 is 5.32 Å². The predicted molar refractivity (Wildman–Crippen MR) is 74.5 cm³/mol. The van der Waals surface area contributed by atoms with Crippen molar-refractivity contribution in [2.24, 2.45) is 5.92 Å². The van der Waals surface area contributed by atoms with E-state index in [2.05, 4.69) is 24.1 Å². The van der Waals surface area contributed by atoms with Crippen molar-refractivity contribution in [3.8, 4) is 0 Å². The molecule has 1 saturated heterocycles. The minimum atomic E-state index is -2.86. The number of nitrogens with one attached hydrogen (secondary N) is 1. The van der Waals surface area contributed by atoms with Crippen molar-refractivity contribution in [1.29, 1.82) is 0 Å². The van der Waals surface area contributed by atoms with Crippen LogP contribution in [0.15, 0.2) is 0 Å². The average Bonchev–Trinajstić information content (AvgIpc) is 3.05. The van der Waals surface area contributed by atoms with Crippen LogP contribution in [0.5, 0.6) is 0 Å². The molecule has 1 saturated carbocycles. The number of sulfone groups is 1. The normalized spacial score (nSPS) is 35.4. The van der Waals surface area contributed by atoms with Crippen molar-refractivity contribution in [1.82, 2.24) is 10.2 Å². The van der Waals surface area contributed by atoms with Gasteiger partial charge in [-0.15, -0.1) is 0 Å². The van der Waals surface area contributed by atoms with E-state index in [4.69, 9.17) is 0 Å². The van der Waals surface area contributed by atoms with Crippen LogP contribution in [0.3, 0.4) is 0 Å². The van der Waals surface area contributed by atoms with Crippen molar-refractivity contribution in [3.63, 3.8) is 0 Å². The van der Waals surface area contributed by atoms with Gasteiger partial charge in [0.1, 0.15) is 9.84 Å². The van der Waals surface area contributed by atoms with Gasteiger partial charge in [-0.2, -0.15) is 0 Å². The summed E-state index contributed by atoms with van der Waals surface area (Å²) in [6.45, 7) is 7.21. The molecule has 0 aromatic carbocycles. The molecule has 4 nitrogen and oxygen atoms in total. The molecule has 0 spiro atoms. The molecule has 0 bridgehead atoms. The standard InChI is InChI=1S/C13H26N2O2S/c1-11-6-7-14-13(2,12-4-5-12)10-15(11)8-9-18(3,16)17/h11-12,14H,4-10H2,1-3H3. The molecule has 2 rings (SSSR count). The van der Waals surface area contributed by atoms with Gasteiger partial charge in [-0.3, -0.25) is 4.90 Å². The lowest BCUT2D eigenvalue weighted by atomic mass is 9.95. The Morgan fingerprint density at radius 1 is 1.33 bits per heavy atom. The molecule has 2 unspecified atom stereocenters. The average molecular weight is 274 g/mol. The van der Waals surface area contributed by atoms with Gasteiger partial charge < -0.3 is 5.32 Å². The summed E-state index contributed by atoms with van der Waals surface area (Å²) in [5, 5.41) is 3.69. The largest absolute Gasteiger partial charge is 0.310 e.